The summed E-state index contributed by atoms with van der Waals surface area (Å²) < 4.78 is 2.05. The topological polar surface area (TPSA) is 66.7 Å². The van der Waals surface area contributed by atoms with Crippen LogP contribution < -0.4 is 10.9 Å². The minimum Gasteiger partial charge on any atom is -0.369 e. The fourth-order valence-electron chi connectivity index (χ4n) is 2.94. The van der Waals surface area contributed by atoms with Crippen molar-refractivity contribution in [2.45, 2.75) is 46.6 Å². The number of amides is 1. The van der Waals surface area contributed by atoms with Crippen LogP contribution in [0.4, 0.5) is 5.82 Å². The van der Waals surface area contributed by atoms with E-state index in [0.717, 1.165) is 18.4 Å². The third-order valence-corrected chi connectivity index (χ3v) is 6.01. The monoisotopic (exact) mass is 416 g/mol. The molecule has 1 aliphatic rings. The van der Waals surface area contributed by atoms with Crippen LogP contribution in [0.3, 0.4) is 0 Å². The van der Waals surface area contributed by atoms with Crippen molar-refractivity contribution in [2.75, 3.05) is 11.9 Å². The van der Waals surface area contributed by atoms with Crippen LogP contribution in [0, 0.1) is 6.92 Å². The first kappa shape index (κ1) is 20.5. The summed E-state index contributed by atoms with van der Waals surface area (Å²) in [5.74, 6) is 0.337. The van der Waals surface area contributed by atoms with Gasteiger partial charge in [0.25, 0.3) is 11.5 Å². The van der Waals surface area contributed by atoms with E-state index in [1.165, 1.54) is 16.2 Å². The number of carbonyl (C=O) groups excluding carboxylic acids is 1. The Morgan fingerprint density at radius 3 is 2.75 bits per heavy atom. The average molecular weight is 417 g/mol. The molecule has 8 heteroatoms. The Labute approximate surface area is 174 Å². The SMILES string of the molecule is CCCNc1nc2ccc(C)cn2c(=O)c1/C=C1\SC(=S)N(C(C)CC)C1=O. The smallest absolute Gasteiger partial charge is 0.267 e. The summed E-state index contributed by atoms with van der Waals surface area (Å²) >= 11 is 6.63. The number of aryl methyl sites for hydroxylation is 1. The number of fused-ring (bicyclic) bond motifs is 1. The van der Waals surface area contributed by atoms with Crippen LogP contribution in [0.15, 0.2) is 28.0 Å². The fourth-order valence-corrected chi connectivity index (χ4v) is 4.38. The van der Waals surface area contributed by atoms with E-state index in [0.29, 0.717) is 32.8 Å². The van der Waals surface area contributed by atoms with Crippen LogP contribution in [0.2, 0.25) is 0 Å². The van der Waals surface area contributed by atoms with E-state index < -0.39 is 0 Å². The van der Waals surface area contributed by atoms with Gasteiger partial charge in [-0.15, -0.1) is 0 Å². The molecule has 1 saturated heterocycles. The zero-order chi connectivity index (χ0) is 20.4. The summed E-state index contributed by atoms with van der Waals surface area (Å²) in [5.41, 5.74) is 1.69. The van der Waals surface area contributed by atoms with Crippen molar-refractivity contribution < 1.29 is 4.79 Å². The summed E-state index contributed by atoms with van der Waals surface area (Å²) in [6.07, 6.45) is 5.09. The van der Waals surface area contributed by atoms with Crippen LogP contribution >= 0.6 is 24.0 Å². The van der Waals surface area contributed by atoms with E-state index in [1.807, 2.05) is 39.8 Å². The van der Waals surface area contributed by atoms with Gasteiger partial charge in [0.05, 0.1) is 10.5 Å². The number of pyridine rings is 1. The first-order valence-electron chi connectivity index (χ1n) is 9.41. The molecule has 1 fully saturated rings. The van der Waals surface area contributed by atoms with Gasteiger partial charge in [-0.3, -0.25) is 18.9 Å². The van der Waals surface area contributed by atoms with E-state index in [9.17, 15) is 9.59 Å². The molecule has 2 aromatic rings. The number of anilines is 1. The number of hydrogen-bond donors (Lipinski definition) is 1. The summed E-state index contributed by atoms with van der Waals surface area (Å²) in [4.78, 5) is 32.8. The maximum atomic E-state index is 13.2. The number of thioether (sulfide) groups is 1. The highest BCUT2D eigenvalue weighted by molar-refractivity contribution is 8.26. The Bertz CT molecular complexity index is 1030. The van der Waals surface area contributed by atoms with Crippen molar-refractivity contribution in [3.8, 4) is 0 Å². The standard InChI is InChI=1S/C20H24N4O2S2/c1-5-9-21-17-14(18(25)23-11-12(3)7-8-16(23)22-17)10-15-19(26)24(13(4)6-2)20(27)28-15/h7-8,10-11,13,21H,5-6,9H2,1-4H3/b15-10-. The zero-order valence-corrected chi connectivity index (χ0v) is 18.1. The maximum absolute atomic E-state index is 13.2. The second-order valence-electron chi connectivity index (χ2n) is 6.85. The summed E-state index contributed by atoms with van der Waals surface area (Å²) in [6, 6.07) is 3.76. The highest BCUT2D eigenvalue weighted by atomic mass is 32.2. The first-order chi connectivity index (χ1) is 13.4. The molecular weight excluding hydrogens is 392 g/mol. The molecule has 6 nitrogen and oxygen atoms in total. The minimum atomic E-state index is -0.207. The second kappa shape index (κ2) is 8.45. The van der Waals surface area contributed by atoms with Gasteiger partial charge in [0.2, 0.25) is 0 Å². The molecule has 1 atom stereocenters. The molecule has 0 bridgehead atoms. The lowest BCUT2D eigenvalue weighted by Gasteiger charge is -2.21. The molecule has 148 valence electrons. The molecule has 0 aromatic carbocycles. The highest BCUT2D eigenvalue weighted by Crippen LogP contribution is 2.34. The molecule has 1 aliphatic heterocycles. The molecule has 1 amide bonds. The number of carbonyl (C=O) groups is 1. The van der Waals surface area contributed by atoms with Crippen LogP contribution in [0.5, 0.6) is 0 Å². The Kier molecular flexibility index (Phi) is 6.20. The van der Waals surface area contributed by atoms with Gasteiger partial charge in [-0.1, -0.05) is 43.9 Å². The zero-order valence-electron chi connectivity index (χ0n) is 16.5. The van der Waals surface area contributed by atoms with Crippen molar-refractivity contribution in [3.05, 3.63) is 44.7 Å². The van der Waals surface area contributed by atoms with Crippen molar-refractivity contribution in [1.82, 2.24) is 14.3 Å². The third-order valence-electron chi connectivity index (χ3n) is 4.68. The number of hydrogen-bond acceptors (Lipinski definition) is 6. The molecule has 0 radical (unpaired) electrons. The largest absolute Gasteiger partial charge is 0.369 e. The highest BCUT2D eigenvalue weighted by Gasteiger charge is 2.35. The van der Waals surface area contributed by atoms with Gasteiger partial charge >= 0.3 is 0 Å². The first-order valence-corrected chi connectivity index (χ1v) is 10.6. The molecule has 3 heterocycles. The number of thiocarbonyl (C=S) groups is 1. The molecule has 1 unspecified atom stereocenters. The van der Waals surface area contributed by atoms with Gasteiger partial charge in [-0.25, -0.2) is 4.98 Å². The van der Waals surface area contributed by atoms with Crippen LogP contribution in [-0.4, -0.2) is 37.1 Å². The molecule has 0 spiro atoms. The van der Waals surface area contributed by atoms with E-state index in [1.54, 1.807) is 17.2 Å². The Hall–Kier alpha value is -2.19. The number of nitrogens with zero attached hydrogens (tertiary/aromatic N) is 3. The van der Waals surface area contributed by atoms with Gasteiger partial charge in [0, 0.05) is 18.8 Å². The summed E-state index contributed by atoms with van der Waals surface area (Å²) in [6.45, 7) is 8.63. The molecule has 2 aromatic heterocycles. The van der Waals surface area contributed by atoms with Crippen molar-refractivity contribution in [1.29, 1.82) is 0 Å². The molecule has 28 heavy (non-hydrogen) atoms. The number of nitrogens with one attached hydrogen (secondary N) is 1. The minimum absolute atomic E-state index is 0.0227. The normalized spacial score (nSPS) is 17.0. The van der Waals surface area contributed by atoms with E-state index in [-0.39, 0.29) is 17.5 Å². The van der Waals surface area contributed by atoms with Crippen molar-refractivity contribution in [3.63, 3.8) is 0 Å². The molecule has 0 aliphatic carbocycles. The van der Waals surface area contributed by atoms with Crippen molar-refractivity contribution >= 4 is 51.7 Å². The van der Waals surface area contributed by atoms with Crippen LogP contribution in [-0.2, 0) is 4.79 Å². The van der Waals surface area contributed by atoms with E-state index in [2.05, 4.69) is 10.3 Å². The molecule has 3 rings (SSSR count). The maximum Gasteiger partial charge on any atom is 0.267 e. The van der Waals surface area contributed by atoms with Gasteiger partial charge in [-0.2, -0.15) is 0 Å². The van der Waals surface area contributed by atoms with Gasteiger partial charge < -0.3 is 5.32 Å². The Balaban J connectivity index is 2.14. The van der Waals surface area contributed by atoms with Gasteiger partial charge in [-0.05, 0) is 44.4 Å². The average Bonchev–Trinajstić information content (AvgIpc) is 2.95. The quantitative estimate of drug-likeness (QED) is 0.570. The van der Waals surface area contributed by atoms with Gasteiger partial charge in [0.15, 0.2) is 0 Å². The third kappa shape index (κ3) is 3.84. The van der Waals surface area contributed by atoms with Crippen molar-refractivity contribution in [2.24, 2.45) is 0 Å². The Morgan fingerprint density at radius 2 is 2.07 bits per heavy atom. The summed E-state index contributed by atoms with van der Waals surface area (Å²) in [5, 5.41) is 3.22. The second-order valence-corrected chi connectivity index (χ2v) is 8.53. The molecule has 1 N–H and O–H groups in total. The lowest BCUT2D eigenvalue weighted by molar-refractivity contribution is -0.123. The molecule has 0 saturated carbocycles. The lowest BCUT2D eigenvalue weighted by Crippen LogP contribution is -2.36. The van der Waals surface area contributed by atoms with E-state index in [4.69, 9.17) is 12.2 Å². The molecular formula is C20H24N4O2S2. The predicted octanol–water partition coefficient (Wildman–Crippen LogP) is 3.82. The van der Waals surface area contributed by atoms with Crippen LogP contribution in [0.1, 0.15) is 44.7 Å². The fraction of sp³-hybridized carbons (Fsp3) is 0.400. The van der Waals surface area contributed by atoms with E-state index >= 15 is 0 Å². The predicted molar refractivity (Wildman–Crippen MR) is 120 cm³/mol. The summed E-state index contributed by atoms with van der Waals surface area (Å²) in [7, 11) is 0. The number of rotatable bonds is 6. The Morgan fingerprint density at radius 1 is 1.32 bits per heavy atom. The van der Waals surface area contributed by atoms with Crippen LogP contribution in [0.25, 0.3) is 11.7 Å². The number of aromatic nitrogens is 2. The lowest BCUT2D eigenvalue weighted by atomic mass is 10.2. The van der Waals surface area contributed by atoms with Gasteiger partial charge in [0.1, 0.15) is 15.8 Å².